The van der Waals surface area contributed by atoms with Crippen molar-refractivity contribution >= 4 is 17.7 Å². The first-order valence-electron chi connectivity index (χ1n) is 13.2. The van der Waals surface area contributed by atoms with Gasteiger partial charge < -0.3 is 24.8 Å². The van der Waals surface area contributed by atoms with E-state index in [2.05, 4.69) is 10.2 Å². The highest BCUT2D eigenvalue weighted by Gasteiger charge is 2.46. The van der Waals surface area contributed by atoms with E-state index in [-0.39, 0.29) is 29.7 Å². The Kier molecular flexibility index (Phi) is 7.83. The topological polar surface area (TPSA) is 85.4 Å². The smallest absolute Gasteiger partial charge is 0.254 e. The summed E-state index contributed by atoms with van der Waals surface area (Å²) in [7, 11) is 0. The number of benzene rings is 1. The fourth-order valence-corrected chi connectivity index (χ4v) is 5.46. The van der Waals surface area contributed by atoms with E-state index in [1.165, 1.54) is 24.3 Å². The summed E-state index contributed by atoms with van der Waals surface area (Å²) in [6.45, 7) is 7.35. The molecule has 1 aromatic carbocycles. The lowest BCUT2D eigenvalue weighted by Crippen LogP contribution is -2.53. The normalized spacial score (nSPS) is 25.1. The molecule has 2 atom stereocenters. The molecule has 1 aliphatic carbocycles. The summed E-state index contributed by atoms with van der Waals surface area (Å²) in [6, 6.07) is 4.59. The molecule has 3 saturated heterocycles. The van der Waals surface area contributed by atoms with Gasteiger partial charge in [-0.25, -0.2) is 4.39 Å². The highest BCUT2D eigenvalue weighted by atomic mass is 19.1. The molecule has 9 nitrogen and oxygen atoms in total. The van der Waals surface area contributed by atoms with Crippen molar-refractivity contribution in [3.8, 4) is 0 Å². The van der Waals surface area contributed by atoms with Crippen LogP contribution in [0.15, 0.2) is 24.3 Å². The number of amides is 3. The standard InChI is InChI=1S/C26H36FN5O4/c27-21-5-3-20(4-6-21)25(34)32-18-22(17-23(32)26(35)30-9-7-28-8-10-30)31(24(33)19-1-2-19)12-11-29-13-15-36-16-14-29/h3-6,19,22-23,28H,1-2,7-18H2. The fraction of sp³-hybridized carbons (Fsp3) is 0.654. The van der Waals surface area contributed by atoms with Crippen LogP contribution in [0.1, 0.15) is 29.6 Å². The number of likely N-dealkylation sites (tertiary alicyclic amines) is 1. The zero-order valence-electron chi connectivity index (χ0n) is 20.7. The zero-order valence-corrected chi connectivity index (χ0v) is 20.7. The van der Waals surface area contributed by atoms with E-state index in [1.807, 2.05) is 9.80 Å². The summed E-state index contributed by atoms with van der Waals surface area (Å²) in [4.78, 5) is 48.2. The third kappa shape index (κ3) is 5.71. The lowest BCUT2D eigenvalue weighted by Gasteiger charge is -2.33. The third-order valence-electron chi connectivity index (χ3n) is 7.76. The van der Waals surface area contributed by atoms with E-state index in [9.17, 15) is 18.8 Å². The average Bonchev–Trinajstić information content (AvgIpc) is 3.68. The van der Waals surface area contributed by atoms with E-state index in [0.29, 0.717) is 51.4 Å². The number of carbonyl (C=O) groups excluding carboxylic acids is 3. The van der Waals surface area contributed by atoms with Gasteiger partial charge in [-0.2, -0.15) is 0 Å². The van der Waals surface area contributed by atoms with Crippen molar-refractivity contribution in [2.75, 3.05) is 72.1 Å². The summed E-state index contributed by atoms with van der Waals surface area (Å²) < 4.78 is 19.0. The minimum atomic E-state index is -0.636. The highest BCUT2D eigenvalue weighted by Crippen LogP contribution is 2.34. The number of hydrogen-bond donors (Lipinski definition) is 1. The maximum atomic E-state index is 13.6. The predicted octanol–water partition coefficient (Wildman–Crippen LogP) is 0.411. The van der Waals surface area contributed by atoms with Crippen LogP contribution in [0.2, 0.25) is 0 Å². The minimum absolute atomic E-state index is 0.0545. The van der Waals surface area contributed by atoms with Gasteiger partial charge in [-0.15, -0.1) is 0 Å². The number of morpholine rings is 1. The van der Waals surface area contributed by atoms with Gasteiger partial charge in [0.05, 0.1) is 19.3 Å². The number of nitrogens with zero attached hydrogens (tertiary/aromatic N) is 4. The van der Waals surface area contributed by atoms with Crippen LogP contribution < -0.4 is 5.32 Å². The van der Waals surface area contributed by atoms with Gasteiger partial charge >= 0.3 is 0 Å². The zero-order chi connectivity index (χ0) is 25.1. The number of nitrogens with one attached hydrogen (secondary N) is 1. The van der Waals surface area contributed by atoms with Gasteiger partial charge in [0, 0.05) is 70.4 Å². The van der Waals surface area contributed by atoms with Crippen LogP contribution in [0.5, 0.6) is 0 Å². The SMILES string of the molecule is O=C(C1CC(N(CCN2CCOCC2)C(=O)C2CC2)CN1C(=O)c1ccc(F)cc1)N1CCNCC1. The summed E-state index contributed by atoms with van der Waals surface area (Å²) in [5, 5.41) is 3.26. The number of halogens is 1. The quantitative estimate of drug-likeness (QED) is 0.583. The van der Waals surface area contributed by atoms with E-state index in [4.69, 9.17) is 4.74 Å². The maximum absolute atomic E-state index is 13.6. The summed E-state index contributed by atoms with van der Waals surface area (Å²) in [6.07, 6.45) is 2.24. The number of hydrogen-bond acceptors (Lipinski definition) is 6. The molecule has 1 N–H and O–H groups in total. The van der Waals surface area contributed by atoms with Gasteiger partial charge in [-0.1, -0.05) is 0 Å². The molecule has 0 radical (unpaired) electrons. The van der Waals surface area contributed by atoms with Gasteiger partial charge in [-0.3, -0.25) is 19.3 Å². The van der Waals surface area contributed by atoms with Crippen LogP contribution in [0.4, 0.5) is 4.39 Å². The van der Waals surface area contributed by atoms with Crippen LogP contribution in [0.3, 0.4) is 0 Å². The first kappa shape index (κ1) is 25.1. The second kappa shape index (κ2) is 11.2. The van der Waals surface area contributed by atoms with Crippen LogP contribution in [-0.2, 0) is 14.3 Å². The Morgan fingerprint density at radius 1 is 1.03 bits per heavy atom. The molecule has 2 unspecified atom stereocenters. The van der Waals surface area contributed by atoms with Gasteiger partial charge in [0.15, 0.2) is 0 Å². The Labute approximate surface area is 211 Å². The minimum Gasteiger partial charge on any atom is -0.379 e. The molecule has 4 aliphatic rings. The van der Waals surface area contributed by atoms with Crippen molar-refractivity contribution in [1.82, 2.24) is 24.9 Å². The average molecular weight is 502 g/mol. The lowest BCUT2D eigenvalue weighted by atomic mass is 10.1. The Morgan fingerprint density at radius 2 is 1.72 bits per heavy atom. The van der Waals surface area contributed by atoms with E-state index in [1.54, 1.807) is 4.90 Å². The highest BCUT2D eigenvalue weighted by molar-refractivity contribution is 5.98. The van der Waals surface area contributed by atoms with Crippen molar-refractivity contribution in [2.45, 2.75) is 31.3 Å². The van der Waals surface area contributed by atoms with Crippen LogP contribution in [0.25, 0.3) is 0 Å². The molecular formula is C26H36FN5O4. The second-order valence-corrected chi connectivity index (χ2v) is 10.2. The van der Waals surface area contributed by atoms with E-state index in [0.717, 1.165) is 45.6 Å². The molecular weight excluding hydrogens is 465 g/mol. The van der Waals surface area contributed by atoms with Crippen molar-refractivity contribution in [1.29, 1.82) is 0 Å². The molecule has 1 saturated carbocycles. The number of carbonyl (C=O) groups is 3. The molecule has 36 heavy (non-hydrogen) atoms. The Bertz CT molecular complexity index is 944. The molecule has 0 spiro atoms. The first-order chi connectivity index (χ1) is 17.5. The van der Waals surface area contributed by atoms with Crippen molar-refractivity contribution in [3.05, 3.63) is 35.6 Å². The predicted molar refractivity (Wildman–Crippen MR) is 131 cm³/mol. The number of ether oxygens (including phenoxy) is 1. The molecule has 1 aromatic rings. The van der Waals surface area contributed by atoms with Gasteiger partial charge in [-0.05, 0) is 43.5 Å². The Hall–Kier alpha value is -2.56. The van der Waals surface area contributed by atoms with Gasteiger partial charge in [0.25, 0.3) is 5.91 Å². The largest absolute Gasteiger partial charge is 0.379 e. The summed E-state index contributed by atoms with van der Waals surface area (Å²) in [5.41, 5.74) is 0.351. The maximum Gasteiger partial charge on any atom is 0.254 e. The summed E-state index contributed by atoms with van der Waals surface area (Å²) >= 11 is 0. The second-order valence-electron chi connectivity index (χ2n) is 10.2. The van der Waals surface area contributed by atoms with Gasteiger partial charge in [0.2, 0.25) is 11.8 Å². The number of rotatable bonds is 7. The van der Waals surface area contributed by atoms with Gasteiger partial charge in [0.1, 0.15) is 11.9 Å². The molecule has 0 aromatic heterocycles. The molecule has 5 rings (SSSR count). The van der Waals surface area contributed by atoms with Crippen molar-refractivity contribution in [3.63, 3.8) is 0 Å². The van der Waals surface area contributed by atoms with E-state index < -0.39 is 11.9 Å². The van der Waals surface area contributed by atoms with Crippen LogP contribution in [-0.4, -0.2) is 122 Å². The van der Waals surface area contributed by atoms with Crippen LogP contribution >= 0.6 is 0 Å². The fourth-order valence-electron chi connectivity index (χ4n) is 5.46. The molecule has 3 aliphatic heterocycles. The Morgan fingerprint density at radius 3 is 2.39 bits per heavy atom. The molecule has 196 valence electrons. The van der Waals surface area contributed by atoms with Crippen molar-refractivity contribution < 1.29 is 23.5 Å². The molecule has 4 fully saturated rings. The molecule has 3 heterocycles. The molecule has 0 bridgehead atoms. The van der Waals surface area contributed by atoms with Crippen LogP contribution in [0, 0.1) is 11.7 Å². The number of piperazine rings is 1. The first-order valence-corrected chi connectivity index (χ1v) is 13.2. The lowest BCUT2D eigenvalue weighted by molar-refractivity contribution is -0.137. The monoisotopic (exact) mass is 501 g/mol. The molecule has 3 amide bonds. The third-order valence-corrected chi connectivity index (χ3v) is 7.76. The molecule has 10 heteroatoms. The summed E-state index contributed by atoms with van der Waals surface area (Å²) in [5.74, 6) is -0.584. The Balaban J connectivity index is 1.36. The van der Waals surface area contributed by atoms with E-state index >= 15 is 0 Å². The van der Waals surface area contributed by atoms with Crippen molar-refractivity contribution in [2.24, 2.45) is 5.92 Å².